The van der Waals surface area contributed by atoms with Gasteiger partial charge < -0.3 is 5.11 Å². The molecule has 0 aliphatic heterocycles. The molecule has 0 spiro atoms. The molecule has 9 heteroatoms. The van der Waals surface area contributed by atoms with Crippen LogP contribution in [0.3, 0.4) is 0 Å². The van der Waals surface area contributed by atoms with E-state index in [1.807, 2.05) is 0 Å². The predicted octanol–water partition coefficient (Wildman–Crippen LogP) is 2.95. The lowest BCUT2D eigenvalue weighted by molar-refractivity contribution is -0.230. The molecular weight excluding hydrogens is 355 g/mol. The Kier molecular flexibility index (Phi) is 5.85. The van der Waals surface area contributed by atoms with Crippen LogP contribution in [0.1, 0.15) is 18.1 Å². The molecule has 1 N–H and O–H groups in total. The van der Waals surface area contributed by atoms with Crippen molar-refractivity contribution in [3.8, 4) is 6.07 Å². The van der Waals surface area contributed by atoms with Crippen molar-refractivity contribution in [2.45, 2.75) is 18.7 Å². The minimum absolute atomic E-state index is 0.0337. The molecule has 1 atom stereocenters. The molecule has 0 aromatic heterocycles. The number of alkyl halides is 3. The van der Waals surface area contributed by atoms with E-state index in [1.165, 1.54) is 25.1 Å². The van der Waals surface area contributed by atoms with Crippen molar-refractivity contribution in [2.75, 3.05) is 11.5 Å². The van der Waals surface area contributed by atoms with E-state index in [9.17, 15) is 26.7 Å². The van der Waals surface area contributed by atoms with Gasteiger partial charge in [-0.3, -0.25) is 0 Å². The molecule has 0 radical (unpaired) electrons. The fourth-order valence-electron chi connectivity index (χ4n) is 1.62. The van der Waals surface area contributed by atoms with Crippen LogP contribution in [0.15, 0.2) is 24.3 Å². The Balaban J connectivity index is 3.21. The summed E-state index contributed by atoms with van der Waals surface area (Å²) in [6, 6.07) is 5.66. The average molecular weight is 368 g/mol. The Morgan fingerprint density at radius 1 is 1.39 bits per heavy atom. The predicted molar refractivity (Wildman–Crippen MR) is 80.5 cm³/mol. The monoisotopic (exact) mass is 367 g/mol. The summed E-state index contributed by atoms with van der Waals surface area (Å²) < 4.78 is 62.0. The molecule has 4 nitrogen and oxygen atoms in total. The zero-order valence-electron chi connectivity index (χ0n) is 11.9. The molecule has 1 aromatic carbocycles. The van der Waals surface area contributed by atoms with Crippen LogP contribution in [0.5, 0.6) is 0 Å². The fourth-order valence-corrected chi connectivity index (χ4v) is 2.99. The maximum absolute atomic E-state index is 13.0. The van der Waals surface area contributed by atoms with E-state index in [0.29, 0.717) is 6.08 Å². The number of aliphatic hydroxyl groups is 1. The third-order valence-electron chi connectivity index (χ3n) is 3.04. The van der Waals surface area contributed by atoms with E-state index in [4.69, 9.17) is 16.9 Å². The summed E-state index contributed by atoms with van der Waals surface area (Å²) in [6.45, 7) is 1.19. The number of rotatable bonds is 5. The first-order chi connectivity index (χ1) is 10.4. The molecule has 0 aliphatic carbocycles. The van der Waals surface area contributed by atoms with Crippen LogP contribution < -0.4 is 0 Å². The Morgan fingerprint density at radius 3 is 2.43 bits per heavy atom. The second kappa shape index (κ2) is 6.91. The standard InChI is InChI=1S/C14H13ClF3NO3S/c1-2-23(21,22)9-13(20,14(16,17)18)6-5-10-3-4-11(8-19)12(15)7-10/h3-7,20H,2,9H2,1H3/b6-5+. The van der Waals surface area contributed by atoms with Crippen molar-refractivity contribution in [1.29, 1.82) is 5.26 Å². The van der Waals surface area contributed by atoms with E-state index < -0.39 is 33.1 Å². The number of hydrogen-bond acceptors (Lipinski definition) is 4. The van der Waals surface area contributed by atoms with E-state index in [2.05, 4.69) is 0 Å². The molecule has 0 saturated carbocycles. The Morgan fingerprint density at radius 2 is 2.00 bits per heavy atom. The third kappa shape index (κ3) is 4.96. The topological polar surface area (TPSA) is 78.2 Å². The number of benzene rings is 1. The van der Waals surface area contributed by atoms with Gasteiger partial charge in [0, 0.05) is 5.75 Å². The van der Waals surface area contributed by atoms with Gasteiger partial charge in [-0.15, -0.1) is 0 Å². The summed E-state index contributed by atoms with van der Waals surface area (Å²) in [4.78, 5) is 0. The van der Waals surface area contributed by atoms with Gasteiger partial charge in [-0.25, -0.2) is 8.42 Å². The molecule has 0 bridgehead atoms. The van der Waals surface area contributed by atoms with Gasteiger partial charge in [0.25, 0.3) is 0 Å². The van der Waals surface area contributed by atoms with Crippen molar-refractivity contribution >= 4 is 27.5 Å². The smallest absolute Gasteiger partial charge is 0.376 e. The molecule has 126 valence electrons. The number of halogens is 4. The number of hydrogen-bond donors (Lipinski definition) is 1. The molecule has 0 amide bonds. The lowest BCUT2D eigenvalue weighted by Gasteiger charge is -2.27. The zero-order valence-corrected chi connectivity index (χ0v) is 13.5. The van der Waals surface area contributed by atoms with Gasteiger partial charge in [0.05, 0.1) is 16.3 Å². The minimum atomic E-state index is -5.16. The zero-order chi connectivity index (χ0) is 17.9. The van der Waals surface area contributed by atoms with Crippen molar-refractivity contribution in [1.82, 2.24) is 0 Å². The van der Waals surface area contributed by atoms with Gasteiger partial charge in [0.15, 0.2) is 15.4 Å². The van der Waals surface area contributed by atoms with Gasteiger partial charge >= 0.3 is 6.18 Å². The summed E-state index contributed by atoms with van der Waals surface area (Å²) in [5.41, 5.74) is -3.18. The van der Waals surface area contributed by atoms with Crippen LogP contribution >= 0.6 is 11.6 Å². The highest BCUT2D eigenvalue weighted by Gasteiger charge is 2.54. The highest BCUT2D eigenvalue weighted by atomic mass is 35.5. The summed E-state index contributed by atoms with van der Waals surface area (Å²) >= 11 is 5.76. The Labute approximate surface area is 136 Å². The molecule has 1 unspecified atom stereocenters. The van der Waals surface area contributed by atoms with Crippen LogP contribution in [-0.4, -0.2) is 36.8 Å². The Hall–Kier alpha value is -1.56. The Bertz CT molecular complexity index is 754. The van der Waals surface area contributed by atoms with Crippen molar-refractivity contribution in [2.24, 2.45) is 0 Å². The average Bonchev–Trinajstić information content (AvgIpc) is 2.43. The minimum Gasteiger partial charge on any atom is -0.376 e. The van der Waals surface area contributed by atoms with E-state index in [1.54, 1.807) is 6.07 Å². The molecule has 0 saturated heterocycles. The van der Waals surface area contributed by atoms with Gasteiger partial charge in [-0.1, -0.05) is 30.7 Å². The summed E-state index contributed by atoms with van der Waals surface area (Å²) in [5, 5.41) is 18.5. The molecule has 1 aromatic rings. The largest absolute Gasteiger partial charge is 0.421 e. The van der Waals surface area contributed by atoms with Crippen LogP contribution in [-0.2, 0) is 9.84 Å². The van der Waals surface area contributed by atoms with Crippen molar-refractivity contribution < 1.29 is 26.7 Å². The maximum Gasteiger partial charge on any atom is 0.421 e. The van der Waals surface area contributed by atoms with Crippen LogP contribution in [0.2, 0.25) is 5.02 Å². The lowest BCUT2D eigenvalue weighted by atomic mass is 10.0. The molecule has 0 aliphatic rings. The first-order valence-corrected chi connectivity index (χ1v) is 8.52. The highest BCUT2D eigenvalue weighted by molar-refractivity contribution is 7.91. The maximum atomic E-state index is 13.0. The molecule has 1 rings (SSSR count). The molecule has 0 fully saturated rings. The number of nitrogens with zero attached hydrogens (tertiary/aromatic N) is 1. The van der Waals surface area contributed by atoms with Crippen LogP contribution in [0, 0.1) is 11.3 Å². The quantitative estimate of drug-likeness (QED) is 0.867. The summed E-state index contributed by atoms with van der Waals surface area (Å²) in [7, 11) is -4.07. The van der Waals surface area contributed by atoms with Gasteiger partial charge in [-0.2, -0.15) is 18.4 Å². The van der Waals surface area contributed by atoms with Gasteiger partial charge in [-0.05, 0) is 23.8 Å². The van der Waals surface area contributed by atoms with Crippen molar-refractivity contribution in [3.63, 3.8) is 0 Å². The first-order valence-electron chi connectivity index (χ1n) is 6.32. The van der Waals surface area contributed by atoms with E-state index >= 15 is 0 Å². The van der Waals surface area contributed by atoms with E-state index in [0.717, 1.165) is 6.08 Å². The fraction of sp³-hybridized carbons (Fsp3) is 0.357. The van der Waals surface area contributed by atoms with E-state index in [-0.39, 0.29) is 16.1 Å². The van der Waals surface area contributed by atoms with Gasteiger partial charge in [0.1, 0.15) is 6.07 Å². The van der Waals surface area contributed by atoms with Gasteiger partial charge in [0.2, 0.25) is 0 Å². The number of sulfone groups is 1. The third-order valence-corrected chi connectivity index (χ3v) is 5.11. The normalized spacial score (nSPS) is 15.3. The SMILES string of the molecule is CCS(=O)(=O)CC(O)(/C=C/c1ccc(C#N)c(Cl)c1)C(F)(F)F. The molecule has 0 heterocycles. The second-order valence-corrected chi connectivity index (χ2v) is 7.54. The highest BCUT2D eigenvalue weighted by Crippen LogP contribution is 2.34. The van der Waals surface area contributed by atoms with Crippen LogP contribution in [0.25, 0.3) is 6.08 Å². The lowest BCUT2D eigenvalue weighted by Crippen LogP contribution is -2.49. The molecule has 23 heavy (non-hydrogen) atoms. The summed E-state index contributed by atoms with van der Waals surface area (Å²) in [6.07, 6.45) is -3.88. The summed E-state index contributed by atoms with van der Waals surface area (Å²) in [5.74, 6) is -2.00. The molecular formula is C14H13ClF3NO3S. The second-order valence-electron chi connectivity index (χ2n) is 4.78. The first kappa shape index (κ1) is 19.5. The van der Waals surface area contributed by atoms with Crippen LogP contribution in [0.4, 0.5) is 13.2 Å². The van der Waals surface area contributed by atoms with Crippen molar-refractivity contribution in [3.05, 3.63) is 40.4 Å². The number of nitriles is 1.